The van der Waals surface area contributed by atoms with E-state index in [1.165, 1.54) is 5.56 Å². The van der Waals surface area contributed by atoms with Crippen LogP contribution in [0.3, 0.4) is 0 Å². The van der Waals surface area contributed by atoms with E-state index in [0.717, 1.165) is 22.4 Å². The first-order valence-electron chi connectivity index (χ1n) is 8.38. The van der Waals surface area contributed by atoms with Crippen LogP contribution in [0.15, 0.2) is 23.4 Å². The van der Waals surface area contributed by atoms with Crippen molar-refractivity contribution < 1.29 is 9.59 Å². The van der Waals surface area contributed by atoms with Crippen LogP contribution in [0, 0.1) is 20.8 Å². The molecule has 2 aliphatic rings. The van der Waals surface area contributed by atoms with E-state index in [1.807, 2.05) is 25.7 Å². The van der Waals surface area contributed by atoms with Gasteiger partial charge in [0.15, 0.2) is 0 Å². The predicted molar refractivity (Wildman–Crippen MR) is 93.6 cm³/mol. The molecule has 1 atom stereocenters. The Morgan fingerprint density at radius 1 is 1.08 bits per heavy atom. The number of rotatable bonds is 2. The highest BCUT2D eigenvalue weighted by Gasteiger charge is 2.43. The van der Waals surface area contributed by atoms with E-state index in [4.69, 9.17) is 0 Å². The summed E-state index contributed by atoms with van der Waals surface area (Å²) in [7, 11) is 1.73. The lowest BCUT2D eigenvalue weighted by Gasteiger charge is -2.32. The fourth-order valence-electron chi connectivity index (χ4n) is 3.53. The molecule has 0 bridgehead atoms. The summed E-state index contributed by atoms with van der Waals surface area (Å²) in [6, 6.07) is 3.79. The van der Waals surface area contributed by atoms with Gasteiger partial charge in [0.25, 0.3) is 5.91 Å². The zero-order valence-corrected chi connectivity index (χ0v) is 15.2. The van der Waals surface area contributed by atoms with E-state index in [-0.39, 0.29) is 24.0 Å². The van der Waals surface area contributed by atoms with Crippen LogP contribution >= 0.6 is 0 Å². The van der Waals surface area contributed by atoms with Crippen LogP contribution in [-0.2, 0) is 4.79 Å². The number of amides is 3. The zero-order valence-electron chi connectivity index (χ0n) is 15.2. The van der Waals surface area contributed by atoms with Gasteiger partial charge in [-0.15, -0.1) is 0 Å². The van der Waals surface area contributed by atoms with Crippen molar-refractivity contribution in [3.8, 4) is 0 Å². The van der Waals surface area contributed by atoms with Crippen LogP contribution in [0.4, 0.5) is 4.79 Å². The Bertz CT molecular complexity index is 764. The lowest BCUT2D eigenvalue weighted by atomic mass is 9.90. The summed E-state index contributed by atoms with van der Waals surface area (Å²) in [5.41, 5.74) is 6.00. The molecule has 0 fully saturated rings. The average molecular weight is 327 g/mol. The zero-order chi connectivity index (χ0) is 17.8. The van der Waals surface area contributed by atoms with Crippen molar-refractivity contribution >= 4 is 11.9 Å². The molecule has 2 aliphatic heterocycles. The summed E-state index contributed by atoms with van der Waals surface area (Å²) in [5.74, 6) is 0.0227. The molecular weight excluding hydrogens is 302 g/mol. The maximum absolute atomic E-state index is 13.0. The molecule has 5 heteroatoms. The van der Waals surface area contributed by atoms with E-state index in [1.54, 1.807) is 11.9 Å². The van der Waals surface area contributed by atoms with Crippen molar-refractivity contribution in [2.75, 3.05) is 13.6 Å². The third-order valence-corrected chi connectivity index (χ3v) is 5.21. The second-order valence-electron chi connectivity index (χ2n) is 7.12. The summed E-state index contributed by atoms with van der Waals surface area (Å²) in [5, 5.41) is 3.01. The fraction of sp³-hybridized carbons (Fsp3) is 0.474. The molecule has 5 nitrogen and oxygen atoms in total. The molecule has 0 radical (unpaired) electrons. The summed E-state index contributed by atoms with van der Waals surface area (Å²) in [6.45, 7) is 10.7. The number of carbonyl (C=O) groups excluding carboxylic acids is 2. The minimum Gasteiger partial charge on any atom is -0.331 e. The Labute approximate surface area is 143 Å². The van der Waals surface area contributed by atoms with Gasteiger partial charge in [-0.1, -0.05) is 12.1 Å². The van der Waals surface area contributed by atoms with Crippen molar-refractivity contribution in [2.45, 2.75) is 46.7 Å². The molecule has 0 saturated heterocycles. The molecule has 1 N–H and O–H groups in total. The van der Waals surface area contributed by atoms with Gasteiger partial charge in [0, 0.05) is 13.1 Å². The molecule has 3 rings (SSSR count). The minimum absolute atomic E-state index is 0.0227. The second-order valence-corrected chi connectivity index (χ2v) is 7.12. The molecule has 0 saturated carbocycles. The van der Waals surface area contributed by atoms with Crippen molar-refractivity contribution in [1.29, 1.82) is 0 Å². The number of likely N-dealkylation sites (N-methyl/N-ethyl adjacent to an activating group) is 1. The van der Waals surface area contributed by atoms with Crippen molar-refractivity contribution in [3.63, 3.8) is 0 Å². The topological polar surface area (TPSA) is 52.7 Å². The summed E-state index contributed by atoms with van der Waals surface area (Å²) in [4.78, 5) is 28.8. The van der Waals surface area contributed by atoms with Crippen molar-refractivity contribution in [3.05, 3.63) is 45.7 Å². The number of nitrogens with one attached hydrogen (secondary N) is 1. The van der Waals surface area contributed by atoms with Gasteiger partial charge in [0.05, 0.1) is 23.9 Å². The Hall–Kier alpha value is -2.30. The average Bonchev–Trinajstić information content (AvgIpc) is 2.85. The van der Waals surface area contributed by atoms with Gasteiger partial charge < -0.3 is 10.2 Å². The van der Waals surface area contributed by atoms with E-state index >= 15 is 0 Å². The number of nitrogens with zero attached hydrogens (tertiary/aromatic N) is 2. The quantitative estimate of drug-likeness (QED) is 0.908. The van der Waals surface area contributed by atoms with Gasteiger partial charge in [-0.2, -0.15) is 0 Å². The number of hydrogen-bond donors (Lipinski definition) is 1. The summed E-state index contributed by atoms with van der Waals surface area (Å²) < 4.78 is 0. The molecule has 2 heterocycles. The Morgan fingerprint density at radius 2 is 1.71 bits per heavy atom. The van der Waals surface area contributed by atoms with Gasteiger partial charge in [-0.05, 0) is 56.9 Å². The Balaban J connectivity index is 2.13. The Morgan fingerprint density at radius 3 is 2.33 bits per heavy atom. The number of aryl methyl sites for hydroxylation is 3. The smallest absolute Gasteiger partial charge is 0.322 e. The van der Waals surface area contributed by atoms with E-state index in [9.17, 15) is 9.59 Å². The number of hydrogen-bond acceptors (Lipinski definition) is 2. The normalized spacial score (nSPS) is 20.9. The van der Waals surface area contributed by atoms with Crippen LogP contribution in [-0.4, -0.2) is 41.4 Å². The fourth-order valence-corrected chi connectivity index (χ4v) is 3.53. The molecule has 1 aromatic rings. The molecule has 128 valence electrons. The first kappa shape index (κ1) is 16.6. The second kappa shape index (κ2) is 5.65. The molecular formula is C19H25N3O2. The first-order chi connectivity index (χ1) is 11.2. The molecule has 0 spiro atoms. The maximum Gasteiger partial charge on any atom is 0.322 e. The van der Waals surface area contributed by atoms with Crippen molar-refractivity contribution in [1.82, 2.24) is 15.1 Å². The van der Waals surface area contributed by atoms with Crippen LogP contribution in [0.2, 0.25) is 0 Å². The molecule has 0 unspecified atom stereocenters. The Kier molecular flexibility index (Phi) is 3.90. The predicted octanol–water partition coefficient (Wildman–Crippen LogP) is 2.81. The van der Waals surface area contributed by atoms with Gasteiger partial charge in [0.2, 0.25) is 0 Å². The molecule has 1 aromatic carbocycles. The van der Waals surface area contributed by atoms with Crippen LogP contribution in [0.5, 0.6) is 0 Å². The summed E-state index contributed by atoms with van der Waals surface area (Å²) >= 11 is 0. The third-order valence-electron chi connectivity index (χ3n) is 5.21. The molecule has 0 aromatic heterocycles. The minimum atomic E-state index is -0.376. The van der Waals surface area contributed by atoms with Gasteiger partial charge in [-0.3, -0.25) is 9.69 Å². The van der Waals surface area contributed by atoms with Gasteiger partial charge in [-0.25, -0.2) is 4.79 Å². The maximum atomic E-state index is 13.0. The SMILES string of the molecule is Cc1cc(C)c([C@@H]2NC(=O)N(C)C3=C2C(=O)N(C(C)C)C3)cc1C. The lowest BCUT2D eigenvalue weighted by Crippen LogP contribution is -2.45. The van der Waals surface area contributed by atoms with Crippen LogP contribution in [0.1, 0.15) is 42.1 Å². The highest BCUT2D eigenvalue weighted by molar-refractivity contribution is 6.01. The summed E-state index contributed by atoms with van der Waals surface area (Å²) in [6.07, 6.45) is 0. The third kappa shape index (κ3) is 2.39. The van der Waals surface area contributed by atoms with Gasteiger partial charge >= 0.3 is 6.03 Å². The first-order valence-corrected chi connectivity index (χ1v) is 8.38. The molecule has 24 heavy (non-hydrogen) atoms. The van der Waals surface area contributed by atoms with Crippen LogP contribution < -0.4 is 5.32 Å². The van der Waals surface area contributed by atoms with Crippen LogP contribution in [0.25, 0.3) is 0 Å². The number of benzene rings is 1. The molecule has 3 amide bonds. The molecule has 0 aliphatic carbocycles. The number of urea groups is 1. The standard InChI is InChI=1S/C19H25N3O2/c1-10(2)22-9-15-16(18(22)23)17(20-19(24)21(15)6)14-8-12(4)11(3)7-13(14)5/h7-8,10,17H,9H2,1-6H3,(H,20,24)/t17-/m0/s1. The van der Waals surface area contributed by atoms with Crippen molar-refractivity contribution in [2.24, 2.45) is 0 Å². The largest absolute Gasteiger partial charge is 0.331 e. The van der Waals surface area contributed by atoms with Gasteiger partial charge in [0.1, 0.15) is 0 Å². The highest BCUT2D eigenvalue weighted by atomic mass is 16.2. The van der Waals surface area contributed by atoms with E-state index in [0.29, 0.717) is 12.1 Å². The highest BCUT2D eigenvalue weighted by Crippen LogP contribution is 2.37. The lowest BCUT2D eigenvalue weighted by molar-refractivity contribution is -0.127. The monoisotopic (exact) mass is 327 g/mol. The van der Waals surface area contributed by atoms with E-state index in [2.05, 4.69) is 31.3 Å². The number of carbonyl (C=O) groups is 2. The van der Waals surface area contributed by atoms with E-state index < -0.39 is 0 Å².